The van der Waals surface area contributed by atoms with Crippen LogP contribution in [0.25, 0.3) is 0 Å². The largest absolute Gasteiger partial charge is 0.497 e. The van der Waals surface area contributed by atoms with Gasteiger partial charge in [0.2, 0.25) is 15.9 Å². The molecular weight excluding hydrogens is 364 g/mol. The quantitative estimate of drug-likeness (QED) is 0.712. The van der Waals surface area contributed by atoms with Crippen molar-refractivity contribution >= 4 is 15.9 Å². The Morgan fingerprint density at radius 1 is 1.04 bits per heavy atom. The number of methoxy groups -OCH3 is 1. The Morgan fingerprint density at radius 2 is 1.63 bits per heavy atom. The Morgan fingerprint density at radius 3 is 2.19 bits per heavy atom. The minimum Gasteiger partial charge on any atom is -0.497 e. The normalized spacial score (nSPS) is 12.6. The van der Waals surface area contributed by atoms with Crippen LogP contribution in [0.4, 0.5) is 0 Å². The number of ether oxygens (including phenoxy) is 1. The standard InChI is InChI=1S/C20H26N2O4S/c1-22(2)27(24,25)14-13-21-20(23)15-19(16-7-5-4-6-8-16)17-9-11-18(26-3)12-10-17/h4-12,19H,13-15H2,1-3H3,(H,21,23)/t19-/m1/s1. The highest BCUT2D eigenvalue weighted by Crippen LogP contribution is 2.29. The molecule has 2 aromatic carbocycles. The van der Waals surface area contributed by atoms with Crippen molar-refractivity contribution in [3.63, 3.8) is 0 Å². The van der Waals surface area contributed by atoms with E-state index in [0.717, 1.165) is 21.2 Å². The minimum absolute atomic E-state index is 0.0868. The third-order valence-electron chi connectivity index (χ3n) is 4.35. The van der Waals surface area contributed by atoms with Crippen LogP contribution in [-0.4, -0.2) is 52.1 Å². The van der Waals surface area contributed by atoms with Gasteiger partial charge in [-0.25, -0.2) is 12.7 Å². The van der Waals surface area contributed by atoms with Gasteiger partial charge in [-0.15, -0.1) is 0 Å². The monoisotopic (exact) mass is 390 g/mol. The summed E-state index contributed by atoms with van der Waals surface area (Å²) in [6, 6.07) is 17.4. The van der Waals surface area contributed by atoms with Crippen LogP contribution in [0, 0.1) is 0 Å². The molecule has 0 aliphatic heterocycles. The topological polar surface area (TPSA) is 75.7 Å². The van der Waals surface area contributed by atoms with Crippen LogP contribution in [0.5, 0.6) is 5.75 Å². The number of sulfonamides is 1. The van der Waals surface area contributed by atoms with E-state index in [9.17, 15) is 13.2 Å². The van der Waals surface area contributed by atoms with Gasteiger partial charge in [0, 0.05) is 33.0 Å². The van der Waals surface area contributed by atoms with Crippen molar-refractivity contribution in [3.8, 4) is 5.75 Å². The molecule has 0 unspecified atom stereocenters. The molecule has 1 N–H and O–H groups in total. The van der Waals surface area contributed by atoms with E-state index in [1.807, 2.05) is 54.6 Å². The summed E-state index contributed by atoms with van der Waals surface area (Å²) in [7, 11) is 1.24. The molecule has 0 fully saturated rings. The third-order valence-corrected chi connectivity index (χ3v) is 6.18. The highest BCUT2D eigenvalue weighted by molar-refractivity contribution is 7.89. The highest BCUT2D eigenvalue weighted by atomic mass is 32.2. The lowest BCUT2D eigenvalue weighted by atomic mass is 9.88. The molecule has 146 valence electrons. The van der Waals surface area contributed by atoms with Crippen molar-refractivity contribution in [2.45, 2.75) is 12.3 Å². The average Bonchev–Trinajstić information content (AvgIpc) is 2.66. The first kappa shape index (κ1) is 20.9. The summed E-state index contributed by atoms with van der Waals surface area (Å²) < 4.78 is 30.0. The first-order chi connectivity index (χ1) is 12.8. The third kappa shape index (κ3) is 6.08. The molecular formula is C20H26N2O4S. The van der Waals surface area contributed by atoms with Crippen molar-refractivity contribution < 1.29 is 17.9 Å². The van der Waals surface area contributed by atoms with Gasteiger partial charge in [0.1, 0.15) is 5.75 Å². The van der Waals surface area contributed by atoms with E-state index in [4.69, 9.17) is 4.74 Å². The van der Waals surface area contributed by atoms with E-state index in [2.05, 4.69) is 5.32 Å². The molecule has 27 heavy (non-hydrogen) atoms. The number of hydrogen-bond donors (Lipinski definition) is 1. The van der Waals surface area contributed by atoms with Crippen LogP contribution in [-0.2, 0) is 14.8 Å². The van der Waals surface area contributed by atoms with Crippen LogP contribution in [0.1, 0.15) is 23.5 Å². The molecule has 0 bridgehead atoms. The van der Waals surface area contributed by atoms with Gasteiger partial charge in [-0.05, 0) is 23.3 Å². The summed E-state index contributed by atoms with van der Waals surface area (Å²) in [6.07, 6.45) is 0.234. The smallest absolute Gasteiger partial charge is 0.220 e. The first-order valence-corrected chi connectivity index (χ1v) is 10.3. The van der Waals surface area contributed by atoms with E-state index in [-0.39, 0.29) is 30.5 Å². The maximum atomic E-state index is 12.4. The molecule has 2 aromatic rings. The zero-order chi connectivity index (χ0) is 19.9. The Labute approximate surface area is 161 Å². The van der Waals surface area contributed by atoms with Gasteiger partial charge in [0.15, 0.2) is 0 Å². The SMILES string of the molecule is COc1ccc([C@H](CC(=O)NCCS(=O)(=O)N(C)C)c2ccccc2)cc1. The van der Waals surface area contributed by atoms with Gasteiger partial charge in [-0.2, -0.15) is 0 Å². The number of amides is 1. The molecule has 0 aliphatic rings. The Hall–Kier alpha value is -2.38. The molecule has 2 rings (SSSR count). The number of carbonyl (C=O) groups is 1. The van der Waals surface area contributed by atoms with Crippen LogP contribution < -0.4 is 10.1 Å². The lowest BCUT2D eigenvalue weighted by Gasteiger charge is -2.18. The molecule has 1 atom stereocenters. The minimum atomic E-state index is -3.33. The molecule has 0 saturated heterocycles. The zero-order valence-electron chi connectivity index (χ0n) is 15.9. The van der Waals surface area contributed by atoms with Crippen LogP contribution in [0.2, 0.25) is 0 Å². The Balaban J connectivity index is 2.09. The summed E-state index contributed by atoms with van der Waals surface area (Å²) in [5.74, 6) is 0.324. The molecule has 0 aromatic heterocycles. The van der Waals surface area contributed by atoms with Crippen molar-refractivity contribution in [2.75, 3.05) is 33.5 Å². The predicted octanol–water partition coefficient (Wildman–Crippen LogP) is 2.22. The average molecular weight is 391 g/mol. The second kappa shape index (κ2) is 9.53. The number of hydrogen-bond acceptors (Lipinski definition) is 4. The van der Waals surface area contributed by atoms with E-state index >= 15 is 0 Å². The van der Waals surface area contributed by atoms with Crippen LogP contribution in [0.3, 0.4) is 0 Å². The van der Waals surface area contributed by atoms with Gasteiger partial charge in [0.25, 0.3) is 0 Å². The molecule has 1 amide bonds. The van der Waals surface area contributed by atoms with Gasteiger partial charge in [0.05, 0.1) is 12.9 Å². The van der Waals surface area contributed by atoms with Crippen molar-refractivity contribution in [1.82, 2.24) is 9.62 Å². The number of carbonyl (C=O) groups excluding carboxylic acids is 1. The number of nitrogens with one attached hydrogen (secondary N) is 1. The van der Waals surface area contributed by atoms with Crippen molar-refractivity contribution in [2.24, 2.45) is 0 Å². The number of rotatable bonds is 9. The highest BCUT2D eigenvalue weighted by Gasteiger charge is 2.19. The molecule has 7 heteroatoms. The summed E-state index contributed by atoms with van der Waals surface area (Å²) in [5, 5.41) is 2.72. The summed E-state index contributed by atoms with van der Waals surface area (Å²) in [6.45, 7) is 0.0868. The van der Waals surface area contributed by atoms with Crippen LogP contribution >= 0.6 is 0 Å². The van der Waals surface area contributed by atoms with E-state index in [1.165, 1.54) is 14.1 Å². The molecule has 6 nitrogen and oxygen atoms in total. The fourth-order valence-corrected chi connectivity index (χ4v) is 3.43. The van der Waals surface area contributed by atoms with E-state index < -0.39 is 10.0 Å². The molecule has 0 aliphatic carbocycles. The lowest BCUT2D eigenvalue weighted by Crippen LogP contribution is -2.34. The molecule has 0 spiro atoms. The summed E-state index contributed by atoms with van der Waals surface area (Å²) >= 11 is 0. The van der Waals surface area contributed by atoms with Crippen molar-refractivity contribution in [3.05, 3.63) is 65.7 Å². The van der Waals surface area contributed by atoms with E-state index in [1.54, 1.807) is 7.11 Å². The second-order valence-corrected chi connectivity index (χ2v) is 8.69. The van der Waals surface area contributed by atoms with Gasteiger partial charge in [-0.3, -0.25) is 4.79 Å². The van der Waals surface area contributed by atoms with Gasteiger partial charge in [-0.1, -0.05) is 42.5 Å². The van der Waals surface area contributed by atoms with E-state index in [0.29, 0.717) is 0 Å². The van der Waals surface area contributed by atoms with Gasteiger partial charge < -0.3 is 10.1 Å². The summed E-state index contributed by atoms with van der Waals surface area (Å²) in [4.78, 5) is 12.4. The second-order valence-electron chi connectivity index (χ2n) is 6.39. The fourth-order valence-electron chi connectivity index (χ4n) is 2.71. The lowest BCUT2D eigenvalue weighted by molar-refractivity contribution is -0.121. The maximum Gasteiger partial charge on any atom is 0.220 e. The fraction of sp³-hybridized carbons (Fsp3) is 0.350. The maximum absolute atomic E-state index is 12.4. The Bertz CT molecular complexity index is 834. The molecule has 0 heterocycles. The van der Waals surface area contributed by atoms with Crippen molar-refractivity contribution in [1.29, 1.82) is 0 Å². The Kier molecular flexibility index (Phi) is 7.38. The van der Waals surface area contributed by atoms with Crippen LogP contribution in [0.15, 0.2) is 54.6 Å². The zero-order valence-corrected chi connectivity index (χ0v) is 16.7. The van der Waals surface area contributed by atoms with Gasteiger partial charge >= 0.3 is 0 Å². The molecule has 0 radical (unpaired) electrons. The predicted molar refractivity (Wildman–Crippen MR) is 106 cm³/mol. The summed E-state index contributed by atoms with van der Waals surface area (Å²) in [5.41, 5.74) is 2.02. The first-order valence-electron chi connectivity index (χ1n) is 8.69. The number of nitrogens with zero attached hydrogens (tertiary/aromatic N) is 1. The number of benzene rings is 2. The molecule has 0 saturated carbocycles.